The first-order valence-electron chi connectivity index (χ1n) is 6.63. The predicted molar refractivity (Wildman–Crippen MR) is 77.4 cm³/mol. The lowest BCUT2D eigenvalue weighted by Crippen LogP contribution is -2.46. The molecule has 1 aromatic carbocycles. The largest absolute Gasteiger partial charge is 0.481 e. The van der Waals surface area contributed by atoms with Crippen LogP contribution in [0.3, 0.4) is 0 Å². The molecule has 7 heteroatoms. The van der Waals surface area contributed by atoms with Crippen molar-refractivity contribution in [2.24, 2.45) is 11.7 Å². The van der Waals surface area contributed by atoms with Gasteiger partial charge in [-0.2, -0.15) is 0 Å². The van der Waals surface area contributed by atoms with E-state index in [0.717, 1.165) is 25.0 Å². The highest BCUT2D eigenvalue weighted by Gasteiger charge is 2.32. The summed E-state index contributed by atoms with van der Waals surface area (Å²) in [6, 6.07) is 3.12. The average Bonchev–Trinajstić information content (AvgIpc) is 3.24. The number of nitrogens with one attached hydrogen (secondary N) is 1. The normalized spacial score (nSPS) is 16.6. The summed E-state index contributed by atoms with van der Waals surface area (Å²) in [6.45, 7) is 1.94. The van der Waals surface area contributed by atoms with Crippen LogP contribution in [0.2, 0.25) is 0 Å². The zero-order valence-corrected chi connectivity index (χ0v) is 12.5. The zero-order chi connectivity index (χ0) is 14.7. The van der Waals surface area contributed by atoms with E-state index in [2.05, 4.69) is 5.32 Å². The van der Waals surface area contributed by atoms with Gasteiger partial charge in [0.2, 0.25) is 0 Å². The van der Waals surface area contributed by atoms with Crippen LogP contribution >= 0.6 is 12.4 Å². The van der Waals surface area contributed by atoms with Crippen molar-refractivity contribution in [3.63, 3.8) is 0 Å². The summed E-state index contributed by atoms with van der Waals surface area (Å²) in [4.78, 5) is 11.9. The fourth-order valence-corrected chi connectivity index (χ4v) is 1.98. The predicted octanol–water partition coefficient (Wildman–Crippen LogP) is 2.01. The molecule has 2 rings (SSSR count). The number of carbonyl (C=O) groups is 1. The van der Waals surface area contributed by atoms with E-state index >= 15 is 0 Å². The zero-order valence-electron chi connectivity index (χ0n) is 11.6. The fourth-order valence-electron chi connectivity index (χ4n) is 1.98. The maximum Gasteiger partial charge on any atom is 0.261 e. The Morgan fingerprint density at radius 1 is 1.43 bits per heavy atom. The molecular formula is C14H19ClF2N2O2. The number of hydrogen-bond donors (Lipinski definition) is 2. The van der Waals surface area contributed by atoms with Crippen molar-refractivity contribution in [3.8, 4) is 5.75 Å². The van der Waals surface area contributed by atoms with E-state index < -0.39 is 17.7 Å². The van der Waals surface area contributed by atoms with Crippen molar-refractivity contribution >= 4 is 18.3 Å². The summed E-state index contributed by atoms with van der Waals surface area (Å²) in [5.41, 5.74) is 5.60. The van der Waals surface area contributed by atoms with Gasteiger partial charge in [0.1, 0.15) is 5.75 Å². The molecule has 21 heavy (non-hydrogen) atoms. The molecule has 0 aromatic heterocycles. The first kappa shape index (κ1) is 17.7. The molecule has 3 N–H and O–H groups in total. The minimum absolute atomic E-state index is 0. The molecule has 1 aromatic rings. The molecule has 0 heterocycles. The number of nitrogens with two attached hydrogens (primary N) is 1. The molecule has 0 aliphatic heterocycles. The highest BCUT2D eigenvalue weighted by molar-refractivity contribution is 5.85. The molecule has 0 radical (unpaired) electrons. The van der Waals surface area contributed by atoms with Crippen molar-refractivity contribution < 1.29 is 18.3 Å². The molecule has 1 aliphatic carbocycles. The quantitative estimate of drug-likeness (QED) is 0.842. The van der Waals surface area contributed by atoms with Crippen molar-refractivity contribution in [1.82, 2.24) is 5.32 Å². The van der Waals surface area contributed by atoms with Crippen LogP contribution in [0.25, 0.3) is 0 Å². The first-order valence-corrected chi connectivity index (χ1v) is 6.63. The summed E-state index contributed by atoms with van der Waals surface area (Å²) in [5, 5.41) is 2.82. The van der Waals surface area contributed by atoms with E-state index in [4.69, 9.17) is 10.5 Å². The Hall–Kier alpha value is -1.40. The molecule has 1 saturated carbocycles. The van der Waals surface area contributed by atoms with Crippen molar-refractivity contribution in [1.29, 1.82) is 0 Å². The Balaban J connectivity index is 0.00000220. The number of carbonyl (C=O) groups excluding carboxylic acids is 1. The van der Waals surface area contributed by atoms with Gasteiger partial charge >= 0.3 is 0 Å². The SMILES string of the molecule is CC(Oc1ccc(F)c(F)c1)C(=O)NC(CN)C1CC1.Cl. The smallest absolute Gasteiger partial charge is 0.261 e. The van der Waals surface area contributed by atoms with Crippen LogP contribution in [0.1, 0.15) is 19.8 Å². The molecule has 1 aliphatic rings. The van der Waals surface area contributed by atoms with Gasteiger partial charge in [-0.15, -0.1) is 12.4 Å². The van der Waals surface area contributed by atoms with Crippen LogP contribution in [0.5, 0.6) is 5.75 Å². The van der Waals surface area contributed by atoms with Gasteiger partial charge in [-0.1, -0.05) is 0 Å². The van der Waals surface area contributed by atoms with Crippen molar-refractivity contribution in [2.75, 3.05) is 6.54 Å². The lowest BCUT2D eigenvalue weighted by molar-refractivity contribution is -0.128. The molecular weight excluding hydrogens is 302 g/mol. The van der Waals surface area contributed by atoms with E-state index in [1.807, 2.05) is 0 Å². The summed E-state index contributed by atoms with van der Waals surface area (Å²) in [5.74, 6) is -1.71. The van der Waals surface area contributed by atoms with Gasteiger partial charge < -0.3 is 15.8 Å². The molecule has 4 nitrogen and oxygen atoms in total. The summed E-state index contributed by atoms with van der Waals surface area (Å²) in [6.07, 6.45) is 1.34. The van der Waals surface area contributed by atoms with E-state index in [9.17, 15) is 13.6 Å². The molecule has 0 spiro atoms. The Morgan fingerprint density at radius 3 is 2.62 bits per heavy atom. The van der Waals surface area contributed by atoms with Gasteiger partial charge in [-0.05, 0) is 37.8 Å². The van der Waals surface area contributed by atoms with Crippen LogP contribution in [0, 0.1) is 17.6 Å². The van der Waals surface area contributed by atoms with Gasteiger partial charge in [0.05, 0.1) is 0 Å². The monoisotopic (exact) mass is 320 g/mol. The highest BCUT2D eigenvalue weighted by Crippen LogP contribution is 2.32. The molecule has 0 saturated heterocycles. The number of halogens is 3. The third-order valence-electron chi connectivity index (χ3n) is 3.35. The molecule has 2 unspecified atom stereocenters. The van der Waals surface area contributed by atoms with Gasteiger partial charge in [0.15, 0.2) is 17.7 Å². The van der Waals surface area contributed by atoms with Crippen LogP contribution in [0.15, 0.2) is 18.2 Å². The van der Waals surface area contributed by atoms with Crippen LogP contribution in [-0.4, -0.2) is 24.6 Å². The number of benzene rings is 1. The van der Waals surface area contributed by atoms with Crippen LogP contribution in [0.4, 0.5) is 8.78 Å². The summed E-state index contributed by atoms with van der Waals surface area (Å²) < 4.78 is 31.1. The van der Waals surface area contributed by atoms with Crippen molar-refractivity contribution in [2.45, 2.75) is 31.9 Å². The van der Waals surface area contributed by atoms with Gasteiger partial charge in [0, 0.05) is 18.7 Å². The van der Waals surface area contributed by atoms with Crippen molar-refractivity contribution in [3.05, 3.63) is 29.8 Å². The number of amides is 1. The van der Waals surface area contributed by atoms with Gasteiger partial charge in [0.25, 0.3) is 5.91 Å². The third kappa shape index (κ3) is 4.82. The van der Waals surface area contributed by atoms with E-state index in [1.54, 1.807) is 6.92 Å². The Kier molecular flexibility index (Phi) is 6.36. The van der Waals surface area contributed by atoms with Gasteiger partial charge in [-0.3, -0.25) is 4.79 Å². The van der Waals surface area contributed by atoms with Crippen LogP contribution < -0.4 is 15.8 Å². The Labute approximate surface area is 128 Å². The number of ether oxygens (including phenoxy) is 1. The standard InChI is InChI=1S/C14H18F2N2O2.ClH/c1-8(14(19)18-13(7-17)9-2-3-9)20-10-4-5-11(15)12(16)6-10;/h4-6,8-9,13H,2-3,7,17H2,1H3,(H,18,19);1H. The second-order valence-corrected chi connectivity index (χ2v) is 5.02. The lowest BCUT2D eigenvalue weighted by Gasteiger charge is -2.20. The fraction of sp³-hybridized carbons (Fsp3) is 0.500. The van der Waals surface area contributed by atoms with E-state index in [-0.39, 0.29) is 30.1 Å². The van der Waals surface area contributed by atoms with E-state index in [1.165, 1.54) is 6.07 Å². The molecule has 118 valence electrons. The molecule has 0 bridgehead atoms. The summed E-state index contributed by atoms with van der Waals surface area (Å²) in [7, 11) is 0. The molecule has 1 amide bonds. The average molecular weight is 321 g/mol. The Morgan fingerprint density at radius 2 is 2.10 bits per heavy atom. The number of hydrogen-bond acceptors (Lipinski definition) is 3. The maximum atomic E-state index is 13.0. The second kappa shape index (κ2) is 7.56. The topological polar surface area (TPSA) is 64.3 Å². The number of rotatable bonds is 6. The third-order valence-corrected chi connectivity index (χ3v) is 3.35. The summed E-state index contributed by atoms with van der Waals surface area (Å²) >= 11 is 0. The molecule has 1 fully saturated rings. The maximum absolute atomic E-state index is 13.0. The minimum atomic E-state index is -1.01. The highest BCUT2D eigenvalue weighted by atomic mass is 35.5. The first-order chi connectivity index (χ1) is 9.51. The van der Waals surface area contributed by atoms with Crippen LogP contribution in [-0.2, 0) is 4.79 Å². The minimum Gasteiger partial charge on any atom is -0.481 e. The van der Waals surface area contributed by atoms with E-state index in [0.29, 0.717) is 12.5 Å². The molecule has 2 atom stereocenters. The Bertz CT molecular complexity index is 498. The lowest BCUT2D eigenvalue weighted by atomic mass is 10.2. The second-order valence-electron chi connectivity index (χ2n) is 5.02. The van der Waals surface area contributed by atoms with Gasteiger partial charge in [-0.25, -0.2) is 8.78 Å².